The number of halogens is 5. The lowest BCUT2D eigenvalue weighted by Gasteiger charge is -2.30. The van der Waals surface area contributed by atoms with Gasteiger partial charge in [-0.25, -0.2) is 4.98 Å². The van der Waals surface area contributed by atoms with Crippen LogP contribution in [0.3, 0.4) is 0 Å². The van der Waals surface area contributed by atoms with E-state index in [0.29, 0.717) is 0 Å². The molecule has 0 aliphatic rings. The summed E-state index contributed by atoms with van der Waals surface area (Å²) in [6.07, 6.45) is -3.49. The lowest BCUT2D eigenvalue weighted by Crippen LogP contribution is -2.49. The van der Waals surface area contributed by atoms with Crippen molar-refractivity contribution in [3.63, 3.8) is 0 Å². The number of benzene rings is 1. The second kappa shape index (κ2) is 9.23. The maximum atomic E-state index is 13.5. The first kappa shape index (κ1) is 24.0. The van der Waals surface area contributed by atoms with Crippen LogP contribution in [0.2, 0.25) is 10.0 Å². The number of hydrogen-bond donors (Lipinski definition) is 3. The Labute approximate surface area is 180 Å². The summed E-state index contributed by atoms with van der Waals surface area (Å²) < 4.78 is 41.4. The van der Waals surface area contributed by atoms with E-state index >= 15 is 0 Å². The zero-order valence-electron chi connectivity index (χ0n) is 15.9. The van der Waals surface area contributed by atoms with Crippen molar-refractivity contribution in [2.75, 3.05) is 6.54 Å². The number of rotatable bonds is 7. The molecule has 2 amide bonds. The zero-order valence-corrected chi connectivity index (χ0v) is 17.4. The van der Waals surface area contributed by atoms with Crippen molar-refractivity contribution < 1.29 is 27.9 Å². The van der Waals surface area contributed by atoms with E-state index in [9.17, 15) is 27.9 Å². The Kier molecular flexibility index (Phi) is 7.38. The monoisotopic (exact) mass is 466 g/mol. The molecule has 30 heavy (non-hydrogen) atoms. The molecule has 164 valence electrons. The van der Waals surface area contributed by atoms with Gasteiger partial charge in [0.15, 0.2) is 0 Å². The zero-order chi connectivity index (χ0) is 22.7. The number of nitrogens with one attached hydrogen (secondary N) is 2. The Morgan fingerprint density at radius 3 is 2.53 bits per heavy atom. The van der Waals surface area contributed by atoms with Crippen LogP contribution >= 0.6 is 23.2 Å². The molecule has 2 unspecified atom stereocenters. The van der Waals surface area contributed by atoms with Gasteiger partial charge in [-0.1, -0.05) is 29.3 Å². The summed E-state index contributed by atoms with van der Waals surface area (Å²) in [6.45, 7) is 0.834. The molecule has 2 aromatic rings. The molecule has 1 aromatic heterocycles. The van der Waals surface area contributed by atoms with E-state index in [1.165, 1.54) is 38.4 Å². The first-order chi connectivity index (χ1) is 13.9. The number of aromatic nitrogens is 2. The molecule has 3 N–H and O–H groups in total. The quantitative estimate of drug-likeness (QED) is 0.584. The predicted molar refractivity (Wildman–Crippen MR) is 104 cm³/mol. The Bertz CT molecular complexity index is 936. The number of aliphatic hydroxyl groups is 1. The third kappa shape index (κ3) is 5.05. The number of carbonyl (C=O) groups is 2. The predicted octanol–water partition coefficient (Wildman–Crippen LogP) is 2.80. The summed E-state index contributed by atoms with van der Waals surface area (Å²) in [5, 5.41) is 15.0. The molecule has 1 aromatic carbocycles. The molecule has 0 aliphatic carbocycles. The minimum atomic E-state index is -5.01. The Balaban J connectivity index is 1.99. The average Bonchev–Trinajstić information content (AvgIpc) is 3.09. The van der Waals surface area contributed by atoms with Crippen LogP contribution in [0.25, 0.3) is 0 Å². The molecule has 0 spiro atoms. The van der Waals surface area contributed by atoms with Gasteiger partial charge in [0.1, 0.15) is 11.9 Å². The molecule has 2 rings (SSSR count). The maximum Gasteiger partial charge on any atom is 0.424 e. The number of carbonyl (C=O) groups excluding carboxylic acids is 2. The van der Waals surface area contributed by atoms with E-state index in [1.54, 1.807) is 0 Å². The summed E-state index contributed by atoms with van der Waals surface area (Å²) in [4.78, 5) is 28.0. The van der Waals surface area contributed by atoms with E-state index in [-0.39, 0.29) is 15.6 Å². The molecule has 0 radical (unpaired) electrons. The van der Waals surface area contributed by atoms with Gasteiger partial charge in [-0.05, 0) is 19.1 Å². The lowest BCUT2D eigenvalue weighted by atomic mass is 9.97. The maximum absolute atomic E-state index is 13.5. The smallest absolute Gasteiger partial charge is 0.374 e. The average molecular weight is 467 g/mol. The van der Waals surface area contributed by atoms with Crippen LogP contribution in [0.4, 0.5) is 13.2 Å². The van der Waals surface area contributed by atoms with Crippen molar-refractivity contribution in [3.05, 3.63) is 52.0 Å². The number of hydrogen-bond acceptors (Lipinski definition) is 4. The van der Waals surface area contributed by atoms with Gasteiger partial charge in [-0.2, -0.15) is 13.2 Å². The highest BCUT2D eigenvalue weighted by molar-refractivity contribution is 6.43. The van der Waals surface area contributed by atoms with Crippen LogP contribution in [0.5, 0.6) is 0 Å². The highest BCUT2D eigenvalue weighted by Crippen LogP contribution is 2.40. The SMILES string of the molecule is CC(NC(=O)c1cccc(Cl)c1Cl)C(=O)NCCC(O)(c1nccn1C)C(F)(F)F. The largest absolute Gasteiger partial charge is 0.424 e. The van der Waals surface area contributed by atoms with Gasteiger partial charge in [0.25, 0.3) is 5.91 Å². The number of nitrogens with zero attached hydrogens (tertiary/aromatic N) is 2. The van der Waals surface area contributed by atoms with Gasteiger partial charge in [0.05, 0.1) is 15.6 Å². The fourth-order valence-corrected chi connectivity index (χ4v) is 3.07. The summed E-state index contributed by atoms with van der Waals surface area (Å²) in [5.41, 5.74) is -3.20. The molecule has 12 heteroatoms. The topological polar surface area (TPSA) is 96.2 Å². The molecular formula is C18H19Cl2F3N4O3. The number of amides is 2. The molecular weight excluding hydrogens is 448 g/mol. The van der Waals surface area contributed by atoms with Crippen LogP contribution < -0.4 is 10.6 Å². The summed E-state index contributed by atoms with van der Waals surface area (Å²) in [6, 6.07) is 3.31. The molecule has 0 bridgehead atoms. The number of aryl methyl sites for hydroxylation is 1. The van der Waals surface area contributed by atoms with Gasteiger partial charge in [-0.15, -0.1) is 0 Å². The van der Waals surface area contributed by atoms with Gasteiger partial charge < -0.3 is 20.3 Å². The Hall–Kier alpha value is -2.30. The van der Waals surface area contributed by atoms with Crippen LogP contribution in [0, 0.1) is 0 Å². The van der Waals surface area contributed by atoms with Gasteiger partial charge >= 0.3 is 6.18 Å². The number of alkyl halides is 3. The summed E-state index contributed by atoms with van der Waals surface area (Å²) in [5.74, 6) is -2.02. The van der Waals surface area contributed by atoms with Crippen molar-refractivity contribution >= 4 is 35.0 Å². The first-order valence-electron chi connectivity index (χ1n) is 8.68. The van der Waals surface area contributed by atoms with Crippen molar-refractivity contribution in [2.45, 2.75) is 31.2 Å². The fourth-order valence-electron chi connectivity index (χ4n) is 2.68. The normalized spacial score (nSPS) is 14.7. The highest BCUT2D eigenvalue weighted by atomic mass is 35.5. The van der Waals surface area contributed by atoms with Crippen LogP contribution in [-0.2, 0) is 17.4 Å². The third-order valence-corrected chi connectivity index (χ3v) is 5.20. The molecule has 7 nitrogen and oxygen atoms in total. The van der Waals surface area contributed by atoms with Crippen molar-refractivity contribution in [1.29, 1.82) is 0 Å². The fraction of sp³-hybridized carbons (Fsp3) is 0.389. The second-order valence-electron chi connectivity index (χ2n) is 6.56. The van der Waals surface area contributed by atoms with E-state index in [2.05, 4.69) is 15.6 Å². The lowest BCUT2D eigenvalue weighted by molar-refractivity contribution is -0.272. The van der Waals surface area contributed by atoms with Crippen molar-refractivity contribution in [3.8, 4) is 0 Å². The van der Waals surface area contributed by atoms with Crippen LogP contribution in [0.1, 0.15) is 29.5 Å². The van der Waals surface area contributed by atoms with Gasteiger partial charge in [0.2, 0.25) is 11.5 Å². The number of imidazole rings is 1. The second-order valence-corrected chi connectivity index (χ2v) is 7.34. The van der Waals surface area contributed by atoms with Crippen LogP contribution in [0.15, 0.2) is 30.6 Å². The van der Waals surface area contributed by atoms with E-state index in [4.69, 9.17) is 23.2 Å². The minimum Gasteiger partial charge on any atom is -0.374 e. The van der Waals surface area contributed by atoms with Gasteiger partial charge in [-0.3, -0.25) is 9.59 Å². The Morgan fingerprint density at radius 1 is 1.30 bits per heavy atom. The van der Waals surface area contributed by atoms with Gasteiger partial charge in [0, 0.05) is 32.4 Å². The summed E-state index contributed by atoms with van der Waals surface area (Å²) >= 11 is 11.8. The molecule has 1 heterocycles. The molecule has 0 saturated carbocycles. The minimum absolute atomic E-state index is 0.00887. The van der Waals surface area contributed by atoms with Crippen molar-refractivity contribution in [1.82, 2.24) is 20.2 Å². The van der Waals surface area contributed by atoms with Crippen LogP contribution in [-0.4, -0.2) is 45.2 Å². The molecule has 0 fully saturated rings. The highest BCUT2D eigenvalue weighted by Gasteiger charge is 2.57. The molecule has 0 saturated heterocycles. The van der Waals surface area contributed by atoms with E-state index < -0.39 is 48.4 Å². The van der Waals surface area contributed by atoms with E-state index in [0.717, 1.165) is 10.8 Å². The molecule has 2 atom stereocenters. The first-order valence-corrected chi connectivity index (χ1v) is 9.43. The van der Waals surface area contributed by atoms with E-state index in [1.807, 2.05) is 0 Å². The summed E-state index contributed by atoms with van der Waals surface area (Å²) in [7, 11) is 1.32. The Morgan fingerprint density at radius 2 is 1.97 bits per heavy atom. The third-order valence-electron chi connectivity index (χ3n) is 4.38. The standard InChI is InChI=1S/C18H19Cl2F3N4O3/c1-10(26-15(29)11-4-3-5-12(19)13(11)20)14(28)24-7-6-17(30,18(21,22)23)16-25-8-9-27(16)2/h3-5,8-10,30H,6-7H2,1-2H3,(H,24,28)(H,26,29). The molecule has 0 aliphatic heterocycles. The van der Waals surface area contributed by atoms with Crippen molar-refractivity contribution in [2.24, 2.45) is 7.05 Å².